The summed E-state index contributed by atoms with van der Waals surface area (Å²) in [5.41, 5.74) is 1.84. The quantitative estimate of drug-likeness (QED) is 0.621. The van der Waals surface area contributed by atoms with Crippen LogP contribution in [0.4, 0.5) is 0 Å². The van der Waals surface area contributed by atoms with E-state index in [1.807, 2.05) is 42.5 Å². The van der Waals surface area contributed by atoms with Gasteiger partial charge in [0.05, 0.1) is 11.4 Å². The fourth-order valence-corrected chi connectivity index (χ4v) is 3.24. The smallest absolute Gasteiger partial charge is 0.233 e. The highest BCUT2D eigenvalue weighted by Crippen LogP contribution is 2.20. The van der Waals surface area contributed by atoms with E-state index >= 15 is 0 Å². The number of carbonyl (C=O) groups is 1. The maximum absolute atomic E-state index is 12.4. The standard InChI is InChI=1S/C17H16ClN5OS/c1-22(11-13-6-3-2-4-7-13)16(24)12-25-17-19-20-21-23(17)15-9-5-8-14(18)10-15/h2-10H,11-12H2,1H3. The van der Waals surface area contributed by atoms with Crippen molar-refractivity contribution in [2.45, 2.75) is 11.7 Å². The lowest BCUT2D eigenvalue weighted by molar-refractivity contribution is -0.127. The number of thioether (sulfide) groups is 1. The molecule has 0 radical (unpaired) electrons. The Kier molecular flexibility index (Phi) is 5.67. The van der Waals surface area contributed by atoms with Crippen LogP contribution in [0.5, 0.6) is 0 Å². The molecular weight excluding hydrogens is 358 g/mol. The third kappa shape index (κ3) is 4.58. The summed E-state index contributed by atoms with van der Waals surface area (Å²) >= 11 is 7.30. The molecule has 6 nitrogen and oxygen atoms in total. The minimum Gasteiger partial charge on any atom is -0.341 e. The minimum absolute atomic E-state index is 0.00879. The normalized spacial score (nSPS) is 10.6. The molecule has 0 aliphatic carbocycles. The van der Waals surface area contributed by atoms with Crippen LogP contribution in [0.2, 0.25) is 5.02 Å². The monoisotopic (exact) mass is 373 g/mol. The molecule has 8 heteroatoms. The average Bonchev–Trinajstić information content (AvgIpc) is 3.09. The van der Waals surface area contributed by atoms with E-state index in [2.05, 4.69) is 15.5 Å². The van der Waals surface area contributed by atoms with Crippen molar-refractivity contribution in [2.75, 3.05) is 12.8 Å². The first-order valence-electron chi connectivity index (χ1n) is 7.58. The molecule has 0 saturated carbocycles. The molecule has 0 N–H and O–H groups in total. The molecule has 0 bridgehead atoms. The summed E-state index contributed by atoms with van der Waals surface area (Å²) in [6.07, 6.45) is 0. The molecule has 0 saturated heterocycles. The lowest BCUT2D eigenvalue weighted by Gasteiger charge is -2.16. The topological polar surface area (TPSA) is 63.9 Å². The maximum Gasteiger partial charge on any atom is 0.233 e. The Bertz CT molecular complexity index is 855. The van der Waals surface area contributed by atoms with Crippen molar-refractivity contribution in [3.63, 3.8) is 0 Å². The highest BCUT2D eigenvalue weighted by molar-refractivity contribution is 7.99. The van der Waals surface area contributed by atoms with Gasteiger partial charge < -0.3 is 4.90 Å². The van der Waals surface area contributed by atoms with Crippen molar-refractivity contribution in [2.24, 2.45) is 0 Å². The number of amides is 1. The molecule has 0 atom stereocenters. The van der Waals surface area contributed by atoms with Crippen molar-refractivity contribution in [3.05, 3.63) is 65.2 Å². The zero-order valence-corrected chi connectivity index (χ0v) is 15.1. The molecule has 3 aromatic rings. The van der Waals surface area contributed by atoms with Crippen molar-refractivity contribution in [1.29, 1.82) is 0 Å². The Morgan fingerprint density at radius 1 is 1.20 bits per heavy atom. The van der Waals surface area contributed by atoms with Gasteiger partial charge in [0, 0.05) is 18.6 Å². The molecule has 0 aliphatic rings. The highest BCUT2D eigenvalue weighted by atomic mass is 35.5. The summed E-state index contributed by atoms with van der Waals surface area (Å²) in [7, 11) is 1.79. The van der Waals surface area contributed by atoms with E-state index in [0.29, 0.717) is 16.7 Å². The second-order valence-electron chi connectivity index (χ2n) is 5.38. The number of nitrogens with zero attached hydrogens (tertiary/aromatic N) is 5. The van der Waals surface area contributed by atoms with E-state index in [0.717, 1.165) is 11.3 Å². The molecular formula is C17H16ClN5OS. The van der Waals surface area contributed by atoms with E-state index in [1.54, 1.807) is 28.8 Å². The first-order chi connectivity index (χ1) is 12.1. The molecule has 3 rings (SSSR count). The molecule has 2 aromatic carbocycles. The Morgan fingerprint density at radius 2 is 2.00 bits per heavy atom. The molecule has 0 aliphatic heterocycles. The number of hydrogen-bond donors (Lipinski definition) is 0. The summed E-state index contributed by atoms with van der Waals surface area (Å²) < 4.78 is 1.57. The fourth-order valence-electron chi connectivity index (χ4n) is 2.22. The van der Waals surface area contributed by atoms with E-state index < -0.39 is 0 Å². The lowest BCUT2D eigenvalue weighted by atomic mass is 10.2. The molecule has 1 amide bonds. The molecule has 25 heavy (non-hydrogen) atoms. The van der Waals surface area contributed by atoms with Gasteiger partial charge in [-0.2, -0.15) is 4.68 Å². The van der Waals surface area contributed by atoms with Gasteiger partial charge in [0.1, 0.15) is 0 Å². The van der Waals surface area contributed by atoms with Gasteiger partial charge in [-0.15, -0.1) is 5.10 Å². The number of rotatable bonds is 6. The van der Waals surface area contributed by atoms with E-state index in [1.165, 1.54) is 11.8 Å². The number of carbonyl (C=O) groups excluding carboxylic acids is 1. The van der Waals surface area contributed by atoms with E-state index in [-0.39, 0.29) is 11.7 Å². The second-order valence-corrected chi connectivity index (χ2v) is 6.76. The van der Waals surface area contributed by atoms with Gasteiger partial charge in [-0.05, 0) is 34.2 Å². The molecule has 1 aromatic heterocycles. The van der Waals surface area contributed by atoms with Gasteiger partial charge in [-0.3, -0.25) is 4.79 Å². The molecule has 0 spiro atoms. The predicted octanol–water partition coefficient (Wildman–Crippen LogP) is 3.07. The Hall–Kier alpha value is -2.38. The zero-order chi connectivity index (χ0) is 17.6. The van der Waals surface area contributed by atoms with E-state index in [4.69, 9.17) is 11.6 Å². The Balaban J connectivity index is 1.62. The predicted molar refractivity (Wildman–Crippen MR) is 97.8 cm³/mol. The molecule has 0 unspecified atom stereocenters. The largest absolute Gasteiger partial charge is 0.341 e. The van der Waals surface area contributed by atoms with Crippen LogP contribution in [0.15, 0.2) is 59.8 Å². The summed E-state index contributed by atoms with van der Waals surface area (Å²) in [6.45, 7) is 0.569. The van der Waals surface area contributed by atoms with Crippen LogP contribution >= 0.6 is 23.4 Å². The summed E-state index contributed by atoms with van der Waals surface area (Å²) in [5.74, 6) is 0.263. The second kappa shape index (κ2) is 8.13. The number of benzene rings is 2. The van der Waals surface area contributed by atoms with Crippen molar-refractivity contribution >= 4 is 29.3 Å². The van der Waals surface area contributed by atoms with Gasteiger partial charge in [0.25, 0.3) is 0 Å². The lowest BCUT2D eigenvalue weighted by Crippen LogP contribution is -2.27. The van der Waals surface area contributed by atoms with Crippen LogP contribution in [0.3, 0.4) is 0 Å². The van der Waals surface area contributed by atoms with Crippen LogP contribution < -0.4 is 0 Å². The summed E-state index contributed by atoms with van der Waals surface area (Å²) in [6, 6.07) is 17.1. The van der Waals surface area contributed by atoms with Crippen LogP contribution in [0.25, 0.3) is 5.69 Å². The van der Waals surface area contributed by atoms with Crippen LogP contribution in [0, 0.1) is 0 Å². The minimum atomic E-state index is 0.00879. The molecule has 0 fully saturated rings. The molecule has 1 heterocycles. The highest BCUT2D eigenvalue weighted by Gasteiger charge is 2.14. The summed E-state index contributed by atoms with van der Waals surface area (Å²) in [5, 5.41) is 12.8. The van der Waals surface area contributed by atoms with Crippen molar-refractivity contribution in [1.82, 2.24) is 25.1 Å². The molecule has 128 valence electrons. The van der Waals surface area contributed by atoms with Gasteiger partial charge in [-0.25, -0.2) is 0 Å². The van der Waals surface area contributed by atoms with Crippen molar-refractivity contribution in [3.8, 4) is 5.69 Å². The van der Waals surface area contributed by atoms with Gasteiger partial charge in [0.15, 0.2) is 0 Å². The number of tetrazole rings is 1. The van der Waals surface area contributed by atoms with Crippen LogP contribution in [-0.2, 0) is 11.3 Å². The average molecular weight is 374 g/mol. The van der Waals surface area contributed by atoms with Gasteiger partial charge in [-0.1, -0.05) is 59.8 Å². The van der Waals surface area contributed by atoms with Gasteiger partial charge >= 0.3 is 0 Å². The first kappa shape index (κ1) is 17.4. The first-order valence-corrected chi connectivity index (χ1v) is 8.95. The Morgan fingerprint density at radius 3 is 2.76 bits per heavy atom. The SMILES string of the molecule is CN(Cc1ccccc1)C(=O)CSc1nnnn1-c1cccc(Cl)c1. The number of hydrogen-bond acceptors (Lipinski definition) is 5. The summed E-state index contributed by atoms with van der Waals surface area (Å²) in [4.78, 5) is 14.0. The zero-order valence-electron chi connectivity index (χ0n) is 13.5. The van der Waals surface area contributed by atoms with Gasteiger partial charge in [0.2, 0.25) is 11.1 Å². The van der Waals surface area contributed by atoms with Crippen LogP contribution in [0.1, 0.15) is 5.56 Å². The van der Waals surface area contributed by atoms with Crippen LogP contribution in [-0.4, -0.2) is 43.8 Å². The number of halogens is 1. The third-order valence-electron chi connectivity index (χ3n) is 3.51. The number of aromatic nitrogens is 4. The maximum atomic E-state index is 12.4. The van der Waals surface area contributed by atoms with E-state index in [9.17, 15) is 4.79 Å². The third-order valence-corrected chi connectivity index (χ3v) is 4.65. The fraction of sp³-hybridized carbons (Fsp3) is 0.176. The Labute approximate surface area is 154 Å². The van der Waals surface area contributed by atoms with Crippen molar-refractivity contribution < 1.29 is 4.79 Å².